The number of sulfonamides is 1. The highest BCUT2D eigenvalue weighted by molar-refractivity contribution is 7.93. The zero-order valence-electron chi connectivity index (χ0n) is 12.4. The Balaban J connectivity index is 1.78. The molecule has 1 aromatic carbocycles. The third-order valence-corrected chi connectivity index (χ3v) is 6.23. The molecule has 1 saturated heterocycles. The van der Waals surface area contributed by atoms with E-state index in [0.29, 0.717) is 16.1 Å². The topological polar surface area (TPSA) is 83.1 Å². The van der Waals surface area contributed by atoms with Crippen LogP contribution in [0.15, 0.2) is 34.7 Å². The van der Waals surface area contributed by atoms with Crippen molar-refractivity contribution in [3.63, 3.8) is 0 Å². The minimum absolute atomic E-state index is 0.112. The molecule has 0 aliphatic carbocycles. The molecule has 1 aliphatic rings. The molecule has 9 heteroatoms. The average Bonchev–Trinajstić information content (AvgIpc) is 3.13. The largest absolute Gasteiger partial charge is 0.380 e. The van der Waals surface area contributed by atoms with Gasteiger partial charge in [0.05, 0.1) is 15.6 Å². The Morgan fingerprint density at radius 1 is 1.39 bits per heavy atom. The van der Waals surface area contributed by atoms with Gasteiger partial charge >= 0.3 is 0 Å². The zero-order chi connectivity index (χ0) is 16.4. The Morgan fingerprint density at radius 3 is 2.83 bits per heavy atom. The summed E-state index contributed by atoms with van der Waals surface area (Å²) < 4.78 is 27.1. The van der Waals surface area contributed by atoms with E-state index in [1.807, 2.05) is 0 Å². The first kappa shape index (κ1) is 16.5. The van der Waals surface area contributed by atoms with Crippen LogP contribution in [-0.4, -0.2) is 32.5 Å². The van der Waals surface area contributed by atoms with Crippen LogP contribution < -0.4 is 15.4 Å². The molecule has 2 unspecified atom stereocenters. The molecular weight excluding hydrogens is 356 g/mol. The molecule has 1 aliphatic heterocycles. The van der Waals surface area contributed by atoms with Gasteiger partial charge in [0, 0.05) is 24.2 Å². The van der Waals surface area contributed by atoms with E-state index in [1.54, 1.807) is 17.6 Å². The molecular formula is C14H17ClN4O2S2. The second kappa shape index (κ2) is 6.64. The Bertz CT molecular complexity index is 780. The van der Waals surface area contributed by atoms with Crippen LogP contribution in [0.2, 0.25) is 5.02 Å². The summed E-state index contributed by atoms with van der Waals surface area (Å²) in [6, 6.07) is 4.97. The number of aromatic nitrogens is 1. The lowest BCUT2D eigenvalue weighted by atomic mass is 10.1. The van der Waals surface area contributed by atoms with Gasteiger partial charge < -0.3 is 10.6 Å². The number of anilines is 2. The summed E-state index contributed by atoms with van der Waals surface area (Å²) in [4.78, 5) is 4.03. The van der Waals surface area contributed by atoms with E-state index in [0.717, 1.165) is 18.8 Å². The van der Waals surface area contributed by atoms with Crippen molar-refractivity contribution in [2.75, 3.05) is 23.1 Å². The first-order chi connectivity index (χ1) is 11.0. The third-order valence-electron chi connectivity index (χ3n) is 3.76. The van der Waals surface area contributed by atoms with Crippen molar-refractivity contribution in [2.24, 2.45) is 5.92 Å². The molecule has 2 atom stereocenters. The van der Waals surface area contributed by atoms with Crippen LogP contribution in [0.5, 0.6) is 0 Å². The van der Waals surface area contributed by atoms with Crippen LogP contribution in [-0.2, 0) is 10.0 Å². The Kier molecular flexibility index (Phi) is 4.77. The predicted molar refractivity (Wildman–Crippen MR) is 93.8 cm³/mol. The second-order valence-electron chi connectivity index (χ2n) is 5.47. The van der Waals surface area contributed by atoms with Gasteiger partial charge in [-0.2, -0.15) is 0 Å². The van der Waals surface area contributed by atoms with E-state index >= 15 is 0 Å². The van der Waals surface area contributed by atoms with Crippen molar-refractivity contribution in [3.05, 3.63) is 34.8 Å². The van der Waals surface area contributed by atoms with E-state index in [9.17, 15) is 8.42 Å². The Hall–Kier alpha value is -1.35. The van der Waals surface area contributed by atoms with Crippen LogP contribution in [0.3, 0.4) is 0 Å². The highest BCUT2D eigenvalue weighted by atomic mass is 35.5. The molecule has 1 fully saturated rings. The number of hydrogen-bond acceptors (Lipinski definition) is 6. The molecule has 1 aromatic heterocycles. The van der Waals surface area contributed by atoms with Gasteiger partial charge in [-0.25, -0.2) is 13.4 Å². The molecule has 0 bridgehead atoms. The SMILES string of the molecule is CC1CNCC1Nc1ccc(S(=O)(=O)Nc2nccs2)cc1Cl. The quantitative estimate of drug-likeness (QED) is 0.751. The molecule has 6 nitrogen and oxygen atoms in total. The molecule has 0 amide bonds. The minimum atomic E-state index is -3.69. The van der Waals surface area contributed by atoms with Gasteiger partial charge in [-0.15, -0.1) is 11.3 Å². The fourth-order valence-electron chi connectivity index (χ4n) is 2.43. The number of halogens is 1. The maximum atomic E-state index is 12.3. The Morgan fingerprint density at radius 2 is 2.22 bits per heavy atom. The standard InChI is InChI=1S/C14H17ClN4O2S2/c1-9-7-16-8-13(9)18-12-3-2-10(6-11(12)15)23(20,21)19-14-17-4-5-22-14/h2-6,9,13,16,18H,7-8H2,1H3,(H,17,19). The zero-order valence-corrected chi connectivity index (χ0v) is 14.8. The normalized spacial score (nSPS) is 21.3. The maximum absolute atomic E-state index is 12.3. The summed E-state index contributed by atoms with van der Waals surface area (Å²) in [5.41, 5.74) is 0.736. The highest BCUT2D eigenvalue weighted by Gasteiger charge is 2.24. The lowest BCUT2D eigenvalue weighted by Crippen LogP contribution is -2.26. The first-order valence-electron chi connectivity index (χ1n) is 7.15. The van der Waals surface area contributed by atoms with E-state index in [4.69, 9.17) is 11.6 Å². The summed E-state index contributed by atoms with van der Waals surface area (Å²) in [5, 5.41) is 9.08. The van der Waals surface area contributed by atoms with Crippen LogP contribution in [0.25, 0.3) is 0 Å². The van der Waals surface area contributed by atoms with Gasteiger partial charge in [-0.1, -0.05) is 18.5 Å². The third kappa shape index (κ3) is 3.77. The van der Waals surface area contributed by atoms with Gasteiger partial charge in [-0.05, 0) is 30.7 Å². The fourth-order valence-corrected chi connectivity index (χ4v) is 4.55. The van der Waals surface area contributed by atoms with Gasteiger partial charge in [-0.3, -0.25) is 4.72 Å². The van der Waals surface area contributed by atoms with Crippen LogP contribution in [0.1, 0.15) is 6.92 Å². The van der Waals surface area contributed by atoms with Crippen molar-refractivity contribution >= 4 is 43.8 Å². The van der Waals surface area contributed by atoms with Crippen molar-refractivity contribution < 1.29 is 8.42 Å². The molecule has 3 N–H and O–H groups in total. The number of rotatable bonds is 5. The minimum Gasteiger partial charge on any atom is -0.380 e. The van der Waals surface area contributed by atoms with Crippen LogP contribution >= 0.6 is 22.9 Å². The highest BCUT2D eigenvalue weighted by Crippen LogP contribution is 2.28. The first-order valence-corrected chi connectivity index (χ1v) is 9.89. The van der Waals surface area contributed by atoms with Gasteiger partial charge in [0.2, 0.25) is 0 Å². The molecule has 23 heavy (non-hydrogen) atoms. The van der Waals surface area contributed by atoms with E-state index in [-0.39, 0.29) is 10.9 Å². The fraction of sp³-hybridized carbons (Fsp3) is 0.357. The van der Waals surface area contributed by atoms with E-state index in [1.165, 1.54) is 23.5 Å². The number of thiazole rings is 1. The molecule has 0 radical (unpaired) electrons. The Labute approximate surface area is 144 Å². The summed E-state index contributed by atoms with van der Waals surface area (Å²) in [6.07, 6.45) is 1.54. The van der Waals surface area contributed by atoms with Gasteiger partial charge in [0.15, 0.2) is 5.13 Å². The lowest BCUT2D eigenvalue weighted by Gasteiger charge is -2.19. The second-order valence-corrected chi connectivity index (χ2v) is 8.45. The maximum Gasteiger partial charge on any atom is 0.263 e. The lowest BCUT2D eigenvalue weighted by molar-refractivity contribution is 0.595. The van der Waals surface area contributed by atoms with Crippen molar-refractivity contribution in [1.82, 2.24) is 10.3 Å². The summed E-state index contributed by atoms with van der Waals surface area (Å²) in [5.74, 6) is 0.487. The van der Waals surface area contributed by atoms with Crippen LogP contribution in [0, 0.1) is 5.92 Å². The average molecular weight is 373 g/mol. The monoisotopic (exact) mass is 372 g/mol. The van der Waals surface area contributed by atoms with Crippen molar-refractivity contribution in [3.8, 4) is 0 Å². The smallest absolute Gasteiger partial charge is 0.263 e. The molecule has 0 spiro atoms. The number of hydrogen-bond donors (Lipinski definition) is 3. The molecule has 3 rings (SSSR count). The van der Waals surface area contributed by atoms with Gasteiger partial charge in [0.25, 0.3) is 10.0 Å². The molecule has 2 aromatic rings. The molecule has 124 valence electrons. The number of nitrogens with zero attached hydrogens (tertiary/aromatic N) is 1. The van der Waals surface area contributed by atoms with E-state index in [2.05, 4.69) is 27.3 Å². The number of benzene rings is 1. The molecule has 0 saturated carbocycles. The summed E-state index contributed by atoms with van der Waals surface area (Å²) in [6.45, 7) is 3.98. The predicted octanol–water partition coefficient (Wildman–Crippen LogP) is 2.62. The van der Waals surface area contributed by atoms with Gasteiger partial charge in [0.1, 0.15) is 0 Å². The number of nitrogens with one attached hydrogen (secondary N) is 3. The summed E-state index contributed by atoms with van der Waals surface area (Å²) >= 11 is 7.47. The van der Waals surface area contributed by atoms with Crippen molar-refractivity contribution in [1.29, 1.82) is 0 Å². The van der Waals surface area contributed by atoms with Crippen LogP contribution in [0.4, 0.5) is 10.8 Å². The van der Waals surface area contributed by atoms with E-state index < -0.39 is 10.0 Å². The summed E-state index contributed by atoms with van der Waals surface area (Å²) in [7, 11) is -3.69. The molecule has 2 heterocycles. The van der Waals surface area contributed by atoms with Crippen molar-refractivity contribution in [2.45, 2.75) is 17.9 Å².